The molecule has 0 aliphatic rings. The van der Waals surface area contributed by atoms with Crippen molar-refractivity contribution in [3.63, 3.8) is 0 Å². The van der Waals surface area contributed by atoms with Crippen molar-refractivity contribution in [2.24, 2.45) is 5.90 Å². The average molecular weight is 171 g/mol. The molecule has 4 nitrogen and oxygen atoms in total. The first-order valence-electron chi connectivity index (χ1n) is 3.14. The largest absolute Gasteiger partial charge is 0.304 e. The molecule has 0 fully saturated rings. The normalized spacial score (nSPS) is 9.91. The average Bonchev–Trinajstić information content (AvgIpc) is 2.07. The summed E-state index contributed by atoms with van der Waals surface area (Å²) in [4.78, 5) is 12.2. The molecule has 1 aromatic heterocycles. The Morgan fingerprint density at radius 3 is 3.18 bits per heavy atom. The van der Waals surface area contributed by atoms with E-state index in [1.807, 2.05) is 6.07 Å². The zero-order chi connectivity index (χ0) is 7.94. The maximum atomic E-state index is 4.85. The standard InChI is InChI=1S/C6H9N3OS/c7-10-3-4-11-6-1-2-8-5-9-6/h1-2,5H,3-4,7H2. The lowest BCUT2D eigenvalue weighted by atomic mass is 10.7. The van der Waals surface area contributed by atoms with E-state index in [0.29, 0.717) is 6.61 Å². The summed E-state index contributed by atoms with van der Waals surface area (Å²) in [6, 6.07) is 1.85. The van der Waals surface area contributed by atoms with Gasteiger partial charge in [0.1, 0.15) is 6.33 Å². The Bertz CT molecular complexity index is 194. The van der Waals surface area contributed by atoms with Crippen molar-refractivity contribution in [1.82, 2.24) is 9.97 Å². The molecule has 0 spiro atoms. The van der Waals surface area contributed by atoms with E-state index in [4.69, 9.17) is 5.90 Å². The van der Waals surface area contributed by atoms with Crippen LogP contribution in [0.3, 0.4) is 0 Å². The number of rotatable bonds is 4. The van der Waals surface area contributed by atoms with E-state index in [1.54, 1.807) is 18.0 Å². The predicted octanol–water partition coefficient (Wildman–Crippen LogP) is 0.459. The maximum absolute atomic E-state index is 4.85. The van der Waals surface area contributed by atoms with Crippen LogP contribution in [0.15, 0.2) is 23.6 Å². The molecule has 0 aliphatic carbocycles. The molecule has 0 aliphatic heterocycles. The van der Waals surface area contributed by atoms with Gasteiger partial charge in [0, 0.05) is 11.9 Å². The van der Waals surface area contributed by atoms with Gasteiger partial charge in [-0.2, -0.15) is 0 Å². The van der Waals surface area contributed by atoms with Gasteiger partial charge in [0.05, 0.1) is 11.6 Å². The number of nitrogens with zero attached hydrogens (tertiary/aromatic N) is 2. The number of hydrogen-bond donors (Lipinski definition) is 1. The van der Waals surface area contributed by atoms with Crippen molar-refractivity contribution < 1.29 is 4.84 Å². The molecule has 60 valence electrons. The van der Waals surface area contributed by atoms with Gasteiger partial charge >= 0.3 is 0 Å². The highest BCUT2D eigenvalue weighted by Crippen LogP contribution is 2.11. The number of nitrogens with two attached hydrogens (primary N) is 1. The second kappa shape index (κ2) is 5.06. The van der Waals surface area contributed by atoms with Gasteiger partial charge in [-0.1, -0.05) is 0 Å². The van der Waals surface area contributed by atoms with Crippen molar-refractivity contribution in [2.45, 2.75) is 5.03 Å². The fourth-order valence-electron chi connectivity index (χ4n) is 0.558. The molecule has 0 radical (unpaired) electrons. The van der Waals surface area contributed by atoms with Crippen LogP contribution in [0.2, 0.25) is 0 Å². The molecular weight excluding hydrogens is 162 g/mol. The topological polar surface area (TPSA) is 61.0 Å². The molecule has 0 saturated heterocycles. The molecule has 1 heterocycles. The molecule has 0 atom stereocenters. The Kier molecular flexibility index (Phi) is 3.89. The van der Waals surface area contributed by atoms with Crippen molar-refractivity contribution >= 4 is 11.8 Å². The molecule has 2 N–H and O–H groups in total. The van der Waals surface area contributed by atoms with Crippen LogP contribution in [0.25, 0.3) is 0 Å². The lowest BCUT2D eigenvalue weighted by Gasteiger charge is -1.96. The van der Waals surface area contributed by atoms with Crippen molar-refractivity contribution in [1.29, 1.82) is 0 Å². The van der Waals surface area contributed by atoms with Crippen molar-refractivity contribution in [3.8, 4) is 0 Å². The van der Waals surface area contributed by atoms with Crippen LogP contribution in [0, 0.1) is 0 Å². The van der Waals surface area contributed by atoms with E-state index in [9.17, 15) is 0 Å². The highest BCUT2D eigenvalue weighted by Gasteiger charge is 1.92. The smallest absolute Gasteiger partial charge is 0.116 e. The highest BCUT2D eigenvalue weighted by molar-refractivity contribution is 7.99. The first kappa shape index (κ1) is 8.45. The van der Waals surface area contributed by atoms with E-state index < -0.39 is 0 Å². The third-order valence-corrected chi connectivity index (χ3v) is 1.91. The van der Waals surface area contributed by atoms with Crippen LogP contribution in [0.4, 0.5) is 0 Å². The molecule has 0 bridgehead atoms. The molecule has 0 amide bonds. The zero-order valence-corrected chi connectivity index (χ0v) is 6.75. The van der Waals surface area contributed by atoms with Crippen molar-refractivity contribution in [3.05, 3.63) is 18.6 Å². The summed E-state index contributed by atoms with van der Waals surface area (Å²) in [5, 5.41) is 0.942. The Labute approximate surface area is 69.1 Å². The van der Waals surface area contributed by atoms with Crippen LogP contribution in [0.1, 0.15) is 0 Å². The molecule has 0 saturated carbocycles. The van der Waals surface area contributed by atoms with Crippen LogP contribution < -0.4 is 5.90 Å². The maximum Gasteiger partial charge on any atom is 0.116 e. The Morgan fingerprint density at radius 2 is 2.55 bits per heavy atom. The summed E-state index contributed by atoms with van der Waals surface area (Å²) in [6.07, 6.45) is 3.23. The number of hydrogen-bond acceptors (Lipinski definition) is 5. The van der Waals surface area contributed by atoms with Gasteiger partial charge in [0.25, 0.3) is 0 Å². The predicted molar refractivity (Wildman–Crippen MR) is 42.9 cm³/mol. The first-order valence-corrected chi connectivity index (χ1v) is 4.12. The molecule has 0 aromatic carbocycles. The summed E-state index contributed by atoms with van der Waals surface area (Å²) >= 11 is 1.59. The molecule has 11 heavy (non-hydrogen) atoms. The van der Waals surface area contributed by atoms with E-state index in [0.717, 1.165) is 10.8 Å². The Balaban J connectivity index is 2.28. The van der Waals surface area contributed by atoms with E-state index >= 15 is 0 Å². The SMILES string of the molecule is NOCCSc1ccncn1. The number of thioether (sulfide) groups is 1. The fourth-order valence-corrected chi connectivity index (χ4v) is 1.23. The van der Waals surface area contributed by atoms with Crippen LogP contribution in [0.5, 0.6) is 0 Å². The summed E-state index contributed by atoms with van der Waals surface area (Å²) < 4.78 is 0. The highest BCUT2D eigenvalue weighted by atomic mass is 32.2. The van der Waals surface area contributed by atoms with Gasteiger partial charge in [-0.05, 0) is 6.07 Å². The third kappa shape index (κ3) is 3.31. The van der Waals surface area contributed by atoms with E-state index in [-0.39, 0.29) is 0 Å². The minimum absolute atomic E-state index is 0.536. The second-order valence-electron chi connectivity index (χ2n) is 1.77. The first-order chi connectivity index (χ1) is 5.43. The third-order valence-electron chi connectivity index (χ3n) is 1.01. The van der Waals surface area contributed by atoms with Gasteiger partial charge in [-0.25, -0.2) is 15.9 Å². The summed E-state index contributed by atoms with van der Waals surface area (Å²) in [7, 11) is 0. The van der Waals surface area contributed by atoms with Gasteiger partial charge in [0.15, 0.2) is 0 Å². The lowest BCUT2D eigenvalue weighted by Crippen LogP contribution is -2.02. The summed E-state index contributed by atoms with van der Waals surface area (Å²) in [5.74, 6) is 5.66. The van der Waals surface area contributed by atoms with Crippen molar-refractivity contribution in [2.75, 3.05) is 12.4 Å². The van der Waals surface area contributed by atoms with Crippen LogP contribution in [-0.4, -0.2) is 22.3 Å². The Morgan fingerprint density at radius 1 is 1.64 bits per heavy atom. The minimum atomic E-state index is 0.536. The quantitative estimate of drug-likeness (QED) is 0.308. The fraction of sp³-hybridized carbons (Fsp3) is 0.333. The van der Waals surface area contributed by atoms with E-state index in [1.165, 1.54) is 6.33 Å². The molecular formula is C6H9N3OS. The summed E-state index contributed by atoms with van der Waals surface area (Å²) in [6.45, 7) is 0.536. The second-order valence-corrected chi connectivity index (χ2v) is 2.88. The van der Waals surface area contributed by atoms with Gasteiger partial charge in [0.2, 0.25) is 0 Å². The van der Waals surface area contributed by atoms with Gasteiger partial charge in [-0.3, -0.25) is 0 Å². The van der Waals surface area contributed by atoms with Gasteiger partial charge in [-0.15, -0.1) is 11.8 Å². The monoisotopic (exact) mass is 171 g/mol. The van der Waals surface area contributed by atoms with E-state index in [2.05, 4.69) is 14.8 Å². The van der Waals surface area contributed by atoms with Crippen LogP contribution in [-0.2, 0) is 4.84 Å². The Hall–Kier alpha value is -0.650. The molecule has 0 unspecified atom stereocenters. The zero-order valence-electron chi connectivity index (χ0n) is 5.93. The number of aromatic nitrogens is 2. The van der Waals surface area contributed by atoms with Crippen LogP contribution >= 0.6 is 11.8 Å². The molecule has 1 aromatic rings. The molecule has 1 rings (SSSR count). The van der Waals surface area contributed by atoms with Gasteiger partial charge < -0.3 is 4.84 Å². The minimum Gasteiger partial charge on any atom is -0.304 e. The lowest BCUT2D eigenvalue weighted by molar-refractivity contribution is 0.155. The molecule has 5 heteroatoms. The summed E-state index contributed by atoms with van der Waals surface area (Å²) in [5.41, 5.74) is 0.